The molecular formula is C19H26N2O4. The highest BCUT2D eigenvalue weighted by Crippen LogP contribution is 2.22. The lowest BCUT2D eigenvalue weighted by Crippen LogP contribution is -2.49. The summed E-state index contributed by atoms with van der Waals surface area (Å²) in [5.74, 6) is -1.15. The van der Waals surface area contributed by atoms with Crippen LogP contribution in [0.2, 0.25) is 0 Å². The minimum atomic E-state index is -0.619. The van der Waals surface area contributed by atoms with Crippen molar-refractivity contribution in [2.24, 2.45) is 0 Å². The van der Waals surface area contributed by atoms with Crippen molar-refractivity contribution in [3.8, 4) is 0 Å². The topological polar surface area (TPSA) is 75.7 Å². The van der Waals surface area contributed by atoms with E-state index >= 15 is 0 Å². The van der Waals surface area contributed by atoms with Gasteiger partial charge >= 0.3 is 5.97 Å². The van der Waals surface area contributed by atoms with Crippen LogP contribution in [0.1, 0.15) is 49.0 Å². The molecule has 1 fully saturated rings. The lowest BCUT2D eigenvalue weighted by atomic mass is 9.97. The SMILES string of the molecule is Cc1ccc(C(=O)NCC(=O)OCC(=O)N2[C@H](C)CCC[C@@H]2C)cc1. The Morgan fingerprint density at radius 3 is 2.32 bits per heavy atom. The van der Waals surface area contributed by atoms with Gasteiger partial charge in [0.15, 0.2) is 6.61 Å². The molecule has 2 atom stereocenters. The summed E-state index contributed by atoms with van der Waals surface area (Å²) in [4.78, 5) is 37.8. The maximum absolute atomic E-state index is 12.3. The minimum Gasteiger partial charge on any atom is -0.454 e. The number of piperidine rings is 1. The Kier molecular flexibility index (Phi) is 6.56. The molecule has 1 N–H and O–H groups in total. The number of aryl methyl sites for hydroxylation is 1. The van der Waals surface area contributed by atoms with E-state index in [4.69, 9.17) is 4.74 Å². The number of likely N-dealkylation sites (tertiary alicyclic amines) is 1. The Hall–Kier alpha value is -2.37. The largest absolute Gasteiger partial charge is 0.454 e. The molecule has 0 aromatic heterocycles. The first kappa shape index (κ1) is 19.0. The van der Waals surface area contributed by atoms with Crippen molar-refractivity contribution in [2.75, 3.05) is 13.2 Å². The zero-order valence-electron chi connectivity index (χ0n) is 15.1. The summed E-state index contributed by atoms with van der Waals surface area (Å²) in [5, 5.41) is 2.50. The highest BCUT2D eigenvalue weighted by atomic mass is 16.5. The van der Waals surface area contributed by atoms with Gasteiger partial charge in [0.2, 0.25) is 0 Å². The zero-order chi connectivity index (χ0) is 18.4. The number of rotatable bonds is 5. The van der Waals surface area contributed by atoms with Crippen LogP contribution in [0.3, 0.4) is 0 Å². The molecular weight excluding hydrogens is 320 g/mol. The Bertz CT molecular complexity index is 617. The van der Waals surface area contributed by atoms with Crippen LogP contribution in [0.15, 0.2) is 24.3 Å². The summed E-state index contributed by atoms with van der Waals surface area (Å²) < 4.78 is 5.01. The van der Waals surface area contributed by atoms with E-state index in [-0.39, 0.29) is 37.0 Å². The Balaban J connectivity index is 1.75. The minimum absolute atomic E-state index is 0.163. The molecule has 136 valence electrons. The van der Waals surface area contributed by atoms with Gasteiger partial charge in [-0.3, -0.25) is 14.4 Å². The molecule has 2 rings (SSSR count). The molecule has 1 saturated heterocycles. The predicted molar refractivity (Wildman–Crippen MR) is 94.1 cm³/mol. The number of ether oxygens (including phenoxy) is 1. The number of benzene rings is 1. The van der Waals surface area contributed by atoms with Crippen molar-refractivity contribution >= 4 is 17.8 Å². The van der Waals surface area contributed by atoms with Gasteiger partial charge in [-0.05, 0) is 52.2 Å². The Morgan fingerprint density at radius 1 is 1.12 bits per heavy atom. The van der Waals surface area contributed by atoms with Crippen LogP contribution in [-0.4, -0.2) is 47.9 Å². The normalized spacial score (nSPS) is 20.0. The molecule has 0 saturated carbocycles. The van der Waals surface area contributed by atoms with Gasteiger partial charge in [0, 0.05) is 17.6 Å². The van der Waals surface area contributed by atoms with Crippen molar-refractivity contribution in [3.05, 3.63) is 35.4 Å². The van der Waals surface area contributed by atoms with Crippen LogP contribution in [0.4, 0.5) is 0 Å². The summed E-state index contributed by atoms with van der Waals surface area (Å²) >= 11 is 0. The smallest absolute Gasteiger partial charge is 0.325 e. The van der Waals surface area contributed by atoms with E-state index in [9.17, 15) is 14.4 Å². The predicted octanol–water partition coefficient (Wildman–Crippen LogP) is 2.06. The van der Waals surface area contributed by atoms with E-state index in [2.05, 4.69) is 5.32 Å². The third-order valence-corrected chi connectivity index (χ3v) is 4.55. The lowest BCUT2D eigenvalue weighted by molar-refractivity contribution is -0.154. The number of esters is 1. The summed E-state index contributed by atoms with van der Waals surface area (Å²) in [6.45, 7) is 5.41. The number of nitrogens with zero attached hydrogens (tertiary/aromatic N) is 1. The van der Waals surface area contributed by atoms with Gasteiger partial charge in [-0.1, -0.05) is 17.7 Å². The summed E-state index contributed by atoms with van der Waals surface area (Å²) in [5.41, 5.74) is 1.53. The first-order chi connectivity index (χ1) is 11.9. The molecule has 1 aromatic rings. The van der Waals surface area contributed by atoms with Gasteiger partial charge in [0.25, 0.3) is 11.8 Å². The van der Waals surface area contributed by atoms with Crippen molar-refractivity contribution in [1.82, 2.24) is 10.2 Å². The molecule has 1 aliphatic heterocycles. The van der Waals surface area contributed by atoms with E-state index in [1.165, 1.54) is 0 Å². The third-order valence-electron chi connectivity index (χ3n) is 4.55. The number of amides is 2. The van der Waals surface area contributed by atoms with Crippen molar-refractivity contribution in [3.63, 3.8) is 0 Å². The number of hydrogen-bond donors (Lipinski definition) is 1. The average molecular weight is 346 g/mol. The van der Waals surface area contributed by atoms with Crippen LogP contribution in [0, 0.1) is 6.92 Å². The Morgan fingerprint density at radius 2 is 1.72 bits per heavy atom. The second-order valence-electron chi connectivity index (χ2n) is 6.64. The maximum atomic E-state index is 12.3. The fraction of sp³-hybridized carbons (Fsp3) is 0.526. The number of nitrogens with one attached hydrogen (secondary N) is 1. The van der Waals surface area contributed by atoms with E-state index in [1.807, 2.05) is 32.9 Å². The molecule has 0 radical (unpaired) electrons. The van der Waals surface area contributed by atoms with Crippen LogP contribution in [-0.2, 0) is 14.3 Å². The molecule has 0 bridgehead atoms. The molecule has 2 amide bonds. The van der Waals surface area contributed by atoms with Crippen molar-refractivity contribution < 1.29 is 19.1 Å². The van der Waals surface area contributed by atoms with Gasteiger partial charge in [0.1, 0.15) is 6.54 Å². The highest BCUT2D eigenvalue weighted by Gasteiger charge is 2.29. The fourth-order valence-electron chi connectivity index (χ4n) is 3.14. The molecule has 0 unspecified atom stereocenters. The molecule has 1 aromatic carbocycles. The number of carbonyl (C=O) groups is 3. The van der Waals surface area contributed by atoms with Gasteiger partial charge in [-0.25, -0.2) is 0 Å². The van der Waals surface area contributed by atoms with Gasteiger partial charge < -0.3 is 15.0 Å². The lowest BCUT2D eigenvalue weighted by Gasteiger charge is -2.38. The van der Waals surface area contributed by atoms with E-state index in [0.717, 1.165) is 24.8 Å². The molecule has 25 heavy (non-hydrogen) atoms. The van der Waals surface area contributed by atoms with Crippen LogP contribution >= 0.6 is 0 Å². The first-order valence-electron chi connectivity index (χ1n) is 8.70. The first-order valence-corrected chi connectivity index (χ1v) is 8.70. The second kappa shape index (κ2) is 8.65. The third kappa shape index (κ3) is 5.31. The zero-order valence-corrected chi connectivity index (χ0v) is 15.1. The molecule has 6 heteroatoms. The quantitative estimate of drug-likeness (QED) is 0.828. The summed E-state index contributed by atoms with van der Waals surface area (Å²) in [7, 11) is 0. The maximum Gasteiger partial charge on any atom is 0.325 e. The highest BCUT2D eigenvalue weighted by molar-refractivity contribution is 5.96. The molecule has 0 spiro atoms. The summed E-state index contributed by atoms with van der Waals surface area (Å²) in [6, 6.07) is 7.36. The van der Waals surface area contributed by atoms with Crippen molar-refractivity contribution in [1.29, 1.82) is 0 Å². The van der Waals surface area contributed by atoms with Gasteiger partial charge in [0.05, 0.1) is 0 Å². The van der Waals surface area contributed by atoms with Gasteiger partial charge in [-0.2, -0.15) is 0 Å². The number of carbonyl (C=O) groups excluding carboxylic acids is 3. The monoisotopic (exact) mass is 346 g/mol. The van der Waals surface area contributed by atoms with Crippen LogP contribution in [0.5, 0.6) is 0 Å². The Labute approximate surface area is 148 Å². The second-order valence-corrected chi connectivity index (χ2v) is 6.64. The molecule has 1 aliphatic rings. The van der Waals surface area contributed by atoms with Crippen LogP contribution < -0.4 is 5.32 Å². The number of hydrogen-bond acceptors (Lipinski definition) is 4. The fourth-order valence-corrected chi connectivity index (χ4v) is 3.14. The standard InChI is InChI=1S/C19H26N2O4/c1-13-7-9-16(10-8-13)19(24)20-11-18(23)25-12-17(22)21-14(2)5-4-6-15(21)3/h7-10,14-15H,4-6,11-12H2,1-3H3,(H,20,24)/t14-,15+. The molecule has 6 nitrogen and oxygen atoms in total. The van der Waals surface area contributed by atoms with E-state index in [1.54, 1.807) is 17.0 Å². The van der Waals surface area contributed by atoms with Gasteiger partial charge in [-0.15, -0.1) is 0 Å². The van der Waals surface area contributed by atoms with E-state index < -0.39 is 5.97 Å². The van der Waals surface area contributed by atoms with E-state index in [0.29, 0.717) is 5.56 Å². The average Bonchev–Trinajstić information content (AvgIpc) is 2.58. The van der Waals surface area contributed by atoms with Crippen LogP contribution in [0.25, 0.3) is 0 Å². The molecule has 0 aliphatic carbocycles. The van der Waals surface area contributed by atoms with Crippen molar-refractivity contribution in [2.45, 2.75) is 52.1 Å². The summed E-state index contributed by atoms with van der Waals surface area (Å²) in [6.07, 6.45) is 3.05. The molecule has 1 heterocycles.